The minimum absolute atomic E-state index is 0.0457. The fourth-order valence-electron chi connectivity index (χ4n) is 8.59. The number of rotatable bonds is 44. The van der Waals surface area contributed by atoms with Crippen molar-refractivity contribution in [1.29, 1.82) is 0 Å². The van der Waals surface area contributed by atoms with Crippen LogP contribution in [0.2, 0.25) is 0 Å². The van der Waals surface area contributed by atoms with E-state index < -0.39 is 0 Å². The second-order valence-electron chi connectivity index (χ2n) is 19.0. The highest BCUT2D eigenvalue weighted by Crippen LogP contribution is 2.23. The summed E-state index contributed by atoms with van der Waals surface area (Å²) in [6, 6.07) is -0.361. The molecule has 0 spiro atoms. The lowest BCUT2D eigenvalue weighted by Gasteiger charge is -2.38. The Bertz CT molecular complexity index is 1090. The van der Waals surface area contributed by atoms with E-state index in [4.69, 9.17) is 18.9 Å². The van der Waals surface area contributed by atoms with Crippen LogP contribution in [0, 0.1) is 0 Å². The maximum Gasteiger partial charge on any atom is 0.323 e. The van der Waals surface area contributed by atoms with Crippen molar-refractivity contribution in [2.24, 2.45) is 0 Å². The Morgan fingerprint density at radius 1 is 0.508 bits per heavy atom. The Balaban J connectivity index is 2.41. The van der Waals surface area contributed by atoms with Gasteiger partial charge in [0.15, 0.2) is 0 Å². The zero-order valence-corrected chi connectivity index (χ0v) is 41.9. The predicted octanol–water partition coefficient (Wildman–Crippen LogP) is 13.2. The minimum Gasteiger partial charge on any atom is -0.466 e. The fourth-order valence-corrected chi connectivity index (χ4v) is 8.59. The summed E-state index contributed by atoms with van der Waals surface area (Å²) < 4.78 is 23.2. The van der Waals surface area contributed by atoms with Gasteiger partial charge in [-0.05, 0) is 91.3 Å². The van der Waals surface area contributed by atoms with E-state index in [9.17, 15) is 19.2 Å². The summed E-state index contributed by atoms with van der Waals surface area (Å²) >= 11 is 0. The summed E-state index contributed by atoms with van der Waals surface area (Å²) in [5, 5.41) is 0. The molecule has 0 aromatic carbocycles. The van der Waals surface area contributed by atoms with Crippen LogP contribution >= 0.6 is 0 Å². The maximum atomic E-state index is 13.4. The lowest BCUT2D eigenvalue weighted by Crippen LogP contribution is -2.51. The van der Waals surface area contributed by atoms with Gasteiger partial charge in [-0.25, -0.2) is 0 Å². The molecule has 0 aromatic heterocycles. The highest BCUT2D eigenvalue weighted by Gasteiger charge is 2.35. The second-order valence-corrected chi connectivity index (χ2v) is 19.0. The van der Waals surface area contributed by atoms with Crippen LogP contribution in [0.15, 0.2) is 0 Å². The first-order valence-electron chi connectivity index (χ1n) is 26.8. The van der Waals surface area contributed by atoms with Crippen LogP contribution in [-0.2, 0) is 38.1 Å². The number of nitrogens with zero attached hydrogens (tertiary/aromatic N) is 2. The highest BCUT2D eigenvalue weighted by atomic mass is 16.6. The first-order valence-corrected chi connectivity index (χ1v) is 26.8. The Morgan fingerprint density at radius 3 is 1.51 bits per heavy atom. The van der Waals surface area contributed by atoms with Gasteiger partial charge < -0.3 is 23.8 Å². The molecule has 2 atom stereocenters. The van der Waals surface area contributed by atoms with Crippen LogP contribution in [-0.4, -0.2) is 98.9 Å². The fraction of sp³-hybridized carbons (Fsp3) is 0.925. The van der Waals surface area contributed by atoms with Gasteiger partial charge in [0.1, 0.15) is 18.2 Å². The molecule has 10 nitrogen and oxygen atoms in total. The van der Waals surface area contributed by atoms with E-state index in [1.807, 2.05) is 19.0 Å². The maximum absolute atomic E-state index is 13.4. The van der Waals surface area contributed by atoms with Crippen molar-refractivity contribution in [2.75, 3.05) is 46.9 Å². The monoisotopic (exact) mass is 893 g/mol. The highest BCUT2D eigenvalue weighted by molar-refractivity contribution is 5.76. The Hall–Kier alpha value is -2.20. The van der Waals surface area contributed by atoms with Gasteiger partial charge in [0.2, 0.25) is 0 Å². The van der Waals surface area contributed by atoms with Gasteiger partial charge >= 0.3 is 23.9 Å². The molecular formula is C53H100N2O8. The van der Waals surface area contributed by atoms with E-state index in [-0.39, 0.29) is 42.1 Å². The molecule has 1 saturated heterocycles. The van der Waals surface area contributed by atoms with Crippen molar-refractivity contribution < 1.29 is 38.1 Å². The average Bonchev–Trinajstić information content (AvgIpc) is 3.26. The van der Waals surface area contributed by atoms with Gasteiger partial charge in [-0.1, -0.05) is 162 Å². The Morgan fingerprint density at radius 2 is 0.968 bits per heavy atom. The SMILES string of the molecule is CCCCCCCCCCCOC(=O)CCCCCN1C[C@H](OC(=O)CCN(C)C)CC[C@H]1C(=O)OCCCCCCCC(=O)OC(CCCCCCCC)CCCCCCCC. The number of piperidine rings is 1. The molecule has 0 aromatic rings. The molecule has 1 aliphatic rings. The third-order valence-corrected chi connectivity index (χ3v) is 12.6. The molecule has 1 fully saturated rings. The molecule has 0 bridgehead atoms. The largest absolute Gasteiger partial charge is 0.466 e. The smallest absolute Gasteiger partial charge is 0.323 e. The molecule has 370 valence electrons. The summed E-state index contributed by atoms with van der Waals surface area (Å²) in [4.78, 5) is 55.2. The third kappa shape index (κ3) is 35.7. The van der Waals surface area contributed by atoms with Gasteiger partial charge in [-0.3, -0.25) is 24.1 Å². The molecule has 63 heavy (non-hydrogen) atoms. The normalized spacial score (nSPS) is 15.5. The Labute approximate surface area is 387 Å². The van der Waals surface area contributed by atoms with Crippen LogP contribution in [0.5, 0.6) is 0 Å². The van der Waals surface area contributed by atoms with Crippen LogP contribution in [0.3, 0.4) is 0 Å². The number of unbranched alkanes of at least 4 members (excludes halogenated alkanes) is 24. The standard InChI is InChI=1S/C53H100N2O8/c1-6-9-12-15-18-19-20-25-33-44-60-50(56)37-31-27-32-42-55-46-48(63-52(58)41-43-54(4)5)39-40-49(55)53(59)61-45-34-26-21-24-30-38-51(57)62-47(35-28-22-16-13-10-7-2)36-29-23-17-14-11-8-3/h47-49H,6-46H2,1-5H3/t48-,49+/m1/s1. The third-order valence-electron chi connectivity index (χ3n) is 12.6. The van der Waals surface area contributed by atoms with Gasteiger partial charge in [-0.2, -0.15) is 0 Å². The summed E-state index contributed by atoms with van der Waals surface area (Å²) in [6.07, 6.45) is 37.4. The van der Waals surface area contributed by atoms with E-state index in [2.05, 4.69) is 25.7 Å². The van der Waals surface area contributed by atoms with Crippen LogP contribution in [0.1, 0.15) is 252 Å². The lowest BCUT2D eigenvalue weighted by atomic mass is 9.99. The number of carbonyl (C=O) groups excluding carboxylic acids is 4. The zero-order chi connectivity index (χ0) is 46.0. The minimum atomic E-state index is -0.361. The molecule has 0 saturated carbocycles. The van der Waals surface area contributed by atoms with E-state index in [1.54, 1.807) is 0 Å². The molecule has 10 heteroatoms. The molecular weight excluding hydrogens is 793 g/mol. The molecule has 1 aliphatic heterocycles. The van der Waals surface area contributed by atoms with Crippen LogP contribution in [0.4, 0.5) is 0 Å². The van der Waals surface area contributed by atoms with E-state index in [1.165, 1.54) is 109 Å². The van der Waals surface area contributed by atoms with E-state index >= 15 is 0 Å². The van der Waals surface area contributed by atoms with Crippen molar-refractivity contribution in [2.45, 2.75) is 270 Å². The van der Waals surface area contributed by atoms with Crippen molar-refractivity contribution in [3.05, 3.63) is 0 Å². The summed E-state index contributed by atoms with van der Waals surface area (Å²) in [7, 11) is 3.87. The average molecular weight is 893 g/mol. The summed E-state index contributed by atoms with van der Waals surface area (Å²) in [5.74, 6) is -0.576. The molecule has 1 rings (SSSR count). The number of likely N-dealkylation sites (tertiary alicyclic amines) is 1. The van der Waals surface area contributed by atoms with Gasteiger partial charge in [0, 0.05) is 25.9 Å². The number of esters is 4. The Kier molecular flexibility index (Phi) is 39.6. The molecule has 0 unspecified atom stereocenters. The van der Waals surface area contributed by atoms with Crippen LogP contribution < -0.4 is 0 Å². The van der Waals surface area contributed by atoms with E-state index in [0.717, 1.165) is 89.9 Å². The van der Waals surface area contributed by atoms with Gasteiger partial charge in [0.05, 0.1) is 19.6 Å². The van der Waals surface area contributed by atoms with Crippen molar-refractivity contribution in [3.8, 4) is 0 Å². The molecule has 0 N–H and O–H groups in total. The first-order chi connectivity index (χ1) is 30.7. The van der Waals surface area contributed by atoms with Crippen molar-refractivity contribution in [3.63, 3.8) is 0 Å². The predicted molar refractivity (Wildman–Crippen MR) is 259 cm³/mol. The lowest BCUT2D eigenvalue weighted by molar-refractivity contribution is -0.159. The van der Waals surface area contributed by atoms with Crippen LogP contribution in [0.25, 0.3) is 0 Å². The number of hydrogen-bond donors (Lipinski definition) is 0. The molecule has 0 radical (unpaired) electrons. The summed E-state index contributed by atoms with van der Waals surface area (Å²) in [5.41, 5.74) is 0. The van der Waals surface area contributed by atoms with Gasteiger partial charge in [-0.15, -0.1) is 0 Å². The molecule has 0 aliphatic carbocycles. The van der Waals surface area contributed by atoms with Crippen molar-refractivity contribution >= 4 is 23.9 Å². The van der Waals surface area contributed by atoms with Crippen molar-refractivity contribution in [1.82, 2.24) is 9.80 Å². The first kappa shape index (κ1) is 58.8. The molecule has 1 heterocycles. The molecule has 0 amide bonds. The second kappa shape index (κ2) is 42.4. The number of hydrogen-bond acceptors (Lipinski definition) is 10. The number of carbonyl (C=O) groups is 4. The van der Waals surface area contributed by atoms with Gasteiger partial charge in [0.25, 0.3) is 0 Å². The van der Waals surface area contributed by atoms with E-state index in [0.29, 0.717) is 65.0 Å². The quantitative estimate of drug-likeness (QED) is 0.0333. The number of ether oxygens (including phenoxy) is 4. The zero-order valence-electron chi connectivity index (χ0n) is 41.9. The summed E-state index contributed by atoms with van der Waals surface area (Å²) in [6.45, 7) is 9.46. The topological polar surface area (TPSA) is 112 Å².